The second kappa shape index (κ2) is 13.5. The minimum Gasteiger partial charge on any atom is -0.210 e. The Bertz CT molecular complexity index is 927. The van der Waals surface area contributed by atoms with Crippen LogP contribution in [0, 0.1) is 0 Å². The zero-order valence-electron chi connectivity index (χ0n) is 18.9. The molecule has 0 aliphatic heterocycles. The van der Waals surface area contributed by atoms with Gasteiger partial charge in [-0.15, -0.1) is 5.56 Å². The van der Waals surface area contributed by atoms with Gasteiger partial charge < -0.3 is 0 Å². The molecule has 4 aromatic carbocycles. The minimum atomic E-state index is 0. The van der Waals surface area contributed by atoms with Crippen molar-refractivity contribution in [3.8, 4) is 0 Å². The number of hydrogen-bond acceptors (Lipinski definition) is 0. The molecule has 0 unspecified atom stereocenters. The van der Waals surface area contributed by atoms with E-state index in [9.17, 15) is 0 Å². The van der Waals surface area contributed by atoms with Crippen molar-refractivity contribution in [1.29, 1.82) is 0 Å². The molecule has 2 heteroatoms. The van der Waals surface area contributed by atoms with Crippen molar-refractivity contribution in [2.45, 2.75) is 38.9 Å². The van der Waals surface area contributed by atoms with E-state index in [4.69, 9.17) is 0 Å². The van der Waals surface area contributed by atoms with E-state index in [0.29, 0.717) is 0 Å². The quantitative estimate of drug-likeness (QED) is 0.190. The van der Waals surface area contributed by atoms with Crippen LogP contribution in [-0.4, -0.2) is 8.80 Å². The third kappa shape index (κ3) is 8.63. The van der Waals surface area contributed by atoms with Gasteiger partial charge in [0.25, 0.3) is 0 Å². The summed E-state index contributed by atoms with van der Waals surface area (Å²) in [5.41, 5.74) is 8.51. The van der Waals surface area contributed by atoms with Crippen molar-refractivity contribution in [2.75, 3.05) is 0 Å². The normalized spacial score (nSPS) is 10.2. The Hall–Kier alpha value is -1.89. The van der Waals surface area contributed by atoms with Crippen LogP contribution >= 0.6 is 0 Å². The van der Waals surface area contributed by atoms with Crippen molar-refractivity contribution >= 4 is 8.80 Å². The molecule has 157 valence electrons. The predicted molar refractivity (Wildman–Crippen MR) is 133 cm³/mol. The molecule has 0 spiro atoms. The summed E-state index contributed by atoms with van der Waals surface area (Å²) < 4.78 is 0. The Kier molecular flexibility index (Phi) is 11.1. The Labute approximate surface area is 209 Å². The van der Waals surface area contributed by atoms with Crippen LogP contribution in [0.2, 0.25) is 19.6 Å². The fourth-order valence-corrected chi connectivity index (χ4v) is 3.60. The minimum absolute atomic E-state index is 0. The van der Waals surface area contributed by atoms with Gasteiger partial charge in [0.1, 0.15) is 0 Å². The van der Waals surface area contributed by atoms with E-state index in [1.807, 2.05) is 0 Å². The van der Waals surface area contributed by atoms with E-state index >= 15 is 0 Å². The fraction of sp³-hybridized carbons (Fsp3) is 0.207. The van der Waals surface area contributed by atoms with Gasteiger partial charge in [-0.1, -0.05) is 128 Å². The molecule has 0 aliphatic rings. The topological polar surface area (TPSA) is 0 Å². The SMILES string of the molecule is C[Si](C)C.[Zr].c1ccc(Cc2cc[c-](Cc3ccccc3)c2Cc2ccccc2)cc1. The first-order valence-electron chi connectivity index (χ1n) is 10.8. The molecule has 4 rings (SSSR count). The van der Waals surface area contributed by atoms with Gasteiger partial charge in [-0.2, -0.15) is 17.2 Å². The molecule has 0 atom stereocenters. The van der Waals surface area contributed by atoms with Crippen LogP contribution < -0.4 is 0 Å². The molecule has 0 saturated carbocycles. The average Bonchev–Trinajstić information content (AvgIpc) is 3.11. The van der Waals surface area contributed by atoms with Gasteiger partial charge in [0.15, 0.2) is 0 Å². The standard InChI is InChI=1S/C26H23.C3H9Si.Zr/c1-4-10-21(11-5-1)18-24-16-17-25(19-22-12-6-2-7-13-22)26(24)20-23-14-8-3-9-15-23;1-4(2)3;/h1-17H,18-20H2;1-3H3;/q-1;;. The summed E-state index contributed by atoms with van der Waals surface area (Å²) in [7, 11) is 0.120. The first kappa shape index (κ1) is 25.4. The van der Waals surface area contributed by atoms with Crippen LogP contribution in [0.5, 0.6) is 0 Å². The van der Waals surface area contributed by atoms with Crippen LogP contribution in [0.3, 0.4) is 0 Å². The molecular weight excluding hydrogens is 468 g/mol. The number of rotatable bonds is 6. The van der Waals surface area contributed by atoms with Crippen molar-refractivity contribution in [1.82, 2.24) is 0 Å². The maximum atomic E-state index is 2.32. The Balaban J connectivity index is 0.000000631. The van der Waals surface area contributed by atoms with Crippen LogP contribution in [0.1, 0.15) is 33.4 Å². The van der Waals surface area contributed by atoms with Gasteiger partial charge in [0, 0.05) is 35.0 Å². The van der Waals surface area contributed by atoms with Crippen LogP contribution in [-0.2, 0) is 45.5 Å². The van der Waals surface area contributed by atoms with E-state index in [2.05, 4.69) is 123 Å². The molecule has 31 heavy (non-hydrogen) atoms. The average molecular weight is 500 g/mol. The molecule has 0 aromatic heterocycles. The molecule has 0 heterocycles. The summed E-state index contributed by atoms with van der Waals surface area (Å²) in [6, 6.07) is 37.0. The van der Waals surface area contributed by atoms with Crippen molar-refractivity contribution < 1.29 is 26.2 Å². The monoisotopic (exact) mass is 498 g/mol. The van der Waals surface area contributed by atoms with Gasteiger partial charge in [-0.05, 0) is 18.4 Å². The summed E-state index contributed by atoms with van der Waals surface area (Å²) in [6.45, 7) is 6.81. The van der Waals surface area contributed by atoms with Crippen LogP contribution in [0.15, 0.2) is 103 Å². The Morgan fingerprint density at radius 2 is 1.00 bits per heavy atom. The second-order valence-corrected chi connectivity index (χ2v) is 11.3. The molecule has 0 fully saturated rings. The molecule has 0 nitrogen and oxygen atoms in total. The molecule has 0 bridgehead atoms. The van der Waals surface area contributed by atoms with Crippen LogP contribution in [0.4, 0.5) is 0 Å². The Morgan fingerprint density at radius 3 is 1.48 bits per heavy atom. The van der Waals surface area contributed by atoms with Crippen LogP contribution in [0.25, 0.3) is 0 Å². The van der Waals surface area contributed by atoms with Crippen molar-refractivity contribution in [3.05, 3.63) is 137 Å². The molecule has 0 N–H and O–H groups in total. The number of benzene rings is 3. The predicted octanol–water partition coefficient (Wildman–Crippen LogP) is 7.55. The molecule has 4 aromatic rings. The summed E-state index contributed by atoms with van der Waals surface area (Å²) in [4.78, 5) is 0. The third-order valence-corrected chi connectivity index (χ3v) is 4.96. The fourth-order valence-electron chi connectivity index (χ4n) is 3.60. The number of hydrogen-bond donors (Lipinski definition) is 0. The third-order valence-electron chi connectivity index (χ3n) is 4.96. The zero-order chi connectivity index (χ0) is 21.2. The smallest absolute Gasteiger partial charge is 0.0379 e. The molecule has 0 saturated heterocycles. The maximum absolute atomic E-state index is 2.32. The van der Waals surface area contributed by atoms with E-state index in [1.54, 1.807) is 0 Å². The van der Waals surface area contributed by atoms with Crippen molar-refractivity contribution in [3.63, 3.8) is 0 Å². The van der Waals surface area contributed by atoms with Gasteiger partial charge in [-0.3, -0.25) is 0 Å². The van der Waals surface area contributed by atoms with E-state index in [-0.39, 0.29) is 35.0 Å². The van der Waals surface area contributed by atoms with Gasteiger partial charge in [0.2, 0.25) is 0 Å². The van der Waals surface area contributed by atoms with E-state index in [0.717, 1.165) is 19.3 Å². The second-order valence-electron chi connectivity index (χ2n) is 8.35. The van der Waals surface area contributed by atoms with Gasteiger partial charge >= 0.3 is 0 Å². The molecule has 0 aliphatic carbocycles. The molecule has 1 radical (unpaired) electrons. The zero-order valence-corrected chi connectivity index (χ0v) is 22.4. The largest absolute Gasteiger partial charge is 0.210 e. The van der Waals surface area contributed by atoms with Gasteiger partial charge in [0.05, 0.1) is 0 Å². The molecule has 0 amide bonds. The molecular formula is C29H32SiZr-. The van der Waals surface area contributed by atoms with Gasteiger partial charge in [-0.25, -0.2) is 6.07 Å². The van der Waals surface area contributed by atoms with Crippen molar-refractivity contribution in [2.24, 2.45) is 0 Å². The summed E-state index contributed by atoms with van der Waals surface area (Å²) in [6.07, 6.45) is 2.99. The summed E-state index contributed by atoms with van der Waals surface area (Å²) >= 11 is 0. The first-order valence-corrected chi connectivity index (χ1v) is 13.8. The summed E-state index contributed by atoms with van der Waals surface area (Å²) in [5, 5.41) is 0. The van der Waals surface area contributed by atoms with E-state index < -0.39 is 0 Å². The van der Waals surface area contributed by atoms with E-state index in [1.165, 1.54) is 33.4 Å². The maximum Gasteiger partial charge on any atom is 0.0379 e. The Morgan fingerprint density at radius 1 is 0.581 bits per heavy atom. The first-order chi connectivity index (χ1) is 14.6. The summed E-state index contributed by atoms with van der Waals surface area (Å²) in [5.74, 6) is 0.